The zero-order valence-corrected chi connectivity index (χ0v) is 36.1. The fourth-order valence-corrected chi connectivity index (χ4v) is 7.88. The van der Waals surface area contributed by atoms with Gasteiger partial charge in [-0.2, -0.15) is 25.3 Å². The minimum atomic E-state index is -4.36. The van der Waals surface area contributed by atoms with Crippen LogP contribution in [0.25, 0.3) is 33.4 Å². The highest BCUT2D eigenvalue weighted by molar-refractivity contribution is 7.86. The van der Waals surface area contributed by atoms with Crippen LogP contribution in [0.3, 0.4) is 0 Å². The molecule has 0 aliphatic rings. The van der Waals surface area contributed by atoms with Gasteiger partial charge in [-0.15, -0.1) is 0 Å². The van der Waals surface area contributed by atoms with Crippen molar-refractivity contribution < 1.29 is 59.0 Å². The zero-order chi connectivity index (χ0) is 44.8. The van der Waals surface area contributed by atoms with Gasteiger partial charge in [-0.25, -0.2) is 0 Å². The van der Waals surface area contributed by atoms with Crippen LogP contribution in [0.4, 0.5) is 0 Å². The summed E-state index contributed by atoms with van der Waals surface area (Å²) in [6.45, 7) is 9.79. The molecule has 0 aliphatic carbocycles. The summed E-state index contributed by atoms with van der Waals surface area (Å²) >= 11 is 5.82. The van der Waals surface area contributed by atoms with Crippen molar-refractivity contribution in [3.8, 4) is 56.4 Å². The maximum atomic E-state index is 11.6. The van der Waals surface area contributed by atoms with Gasteiger partial charge < -0.3 is 20.1 Å². The second kappa shape index (κ2) is 18.9. The fraction of sp³-hybridized carbons (Fsp3) is 0.163. The van der Waals surface area contributed by atoms with E-state index in [1.807, 2.05) is 34.6 Å². The maximum absolute atomic E-state index is 11.6. The van der Waals surface area contributed by atoms with Gasteiger partial charge in [-0.3, -0.25) is 13.7 Å². The van der Waals surface area contributed by atoms with Crippen molar-refractivity contribution in [3.63, 3.8) is 0 Å². The summed E-state index contributed by atoms with van der Waals surface area (Å²) in [5.41, 5.74) is 3.52. The first-order valence-corrected chi connectivity index (χ1v) is 22.5. The number of halogens is 1. The Labute approximate surface area is 354 Å². The molecule has 0 bridgehead atoms. The number of rotatable bonds is 8. The second-order valence-electron chi connectivity index (χ2n) is 14.5. The number of phenols is 3. The van der Waals surface area contributed by atoms with Crippen LogP contribution in [0, 0.1) is 0 Å². The van der Waals surface area contributed by atoms with Crippen molar-refractivity contribution in [1.29, 1.82) is 0 Å². The van der Waals surface area contributed by atoms with Crippen LogP contribution in [-0.2, 0) is 35.8 Å². The molecule has 6 aromatic carbocycles. The average Bonchev–Trinajstić information content (AvgIpc) is 3.14. The van der Waals surface area contributed by atoms with Gasteiger partial charge in [0.25, 0.3) is 30.4 Å². The second-order valence-corrected chi connectivity index (χ2v) is 19.1. The number of ether oxygens (including phenoxy) is 1. The predicted molar refractivity (Wildman–Crippen MR) is 230 cm³/mol. The highest BCUT2D eigenvalue weighted by Gasteiger charge is 2.22. The summed E-state index contributed by atoms with van der Waals surface area (Å²) in [5, 5.41) is 28.2. The molecule has 0 saturated carbocycles. The Bertz CT molecular complexity index is 2780. The largest absolute Gasteiger partial charge is 0.508 e. The van der Waals surface area contributed by atoms with Gasteiger partial charge >= 0.3 is 0 Å². The summed E-state index contributed by atoms with van der Waals surface area (Å²) in [4.78, 5) is -0.567. The standard InChI is InChI=1S/C16H18O4S.C15H16O5S.C12H9ClO4S/c1-16(2,3)12-6-9-15(21(18,19)20)14(10-12)11-4-7-13(17)8-5-11;1-10(2)20-13-7-8-15(21(17,18)19)14(9-13)11-3-5-12(16)6-4-11;13-9-3-6-12(18(15,16)17)11(7-9)8-1-4-10(14)5-2-8/h4-10,17H,1-3H3,(H,18,19,20);3-10,16H,1-2H3,(H,17,18,19);1-7,14H,(H,15,16,17). The quantitative estimate of drug-likeness (QED) is 0.0782. The van der Waals surface area contributed by atoms with Crippen molar-refractivity contribution >= 4 is 42.0 Å². The first-order chi connectivity index (χ1) is 27.7. The van der Waals surface area contributed by atoms with E-state index >= 15 is 0 Å². The summed E-state index contributed by atoms with van der Waals surface area (Å²) in [6, 6.07) is 31.4. The van der Waals surface area contributed by atoms with E-state index in [4.69, 9.17) is 20.9 Å². The lowest BCUT2D eigenvalue weighted by Crippen LogP contribution is -2.12. The van der Waals surface area contributed by atoms with Gasteiger partial charge in [-0.1, -0.05) is 74.8 Å². The number of hydrogen-bond donors (Lipinski definition) is 6. The Balaban J connectivity index is 0.000000199. The molecule has 0 spiro atoms. The van der Waals surface area contributed by atoms with Crippen molar-refractivity contribution in [1.82, 2.24) is 0 Å². The van der Waals surface area contributed by atoms with E-state index in [0.717, 1.165) is 5.56 Å². The molecule has 0 amide bonds. The fourth-order valence-electron chi connectivity index (χ4n) is 5.63. The molecule has 318 valence electrons. The van der Waals surface area contributed by atoms with E-state index in [0.29, 0.717) is 38.6 Å². The SMILES string of the molecule is CC(C)(C)c1ccc(S(=O)(=O)O)c(-c2ccc(O)cc2)c1.CC(C)Oc1ccc(S(=O)(=O)O)c(-c2ccc(O)cc2)c1.O=S(=O)(O)c1ccc(Cl)cc1-c1ccc(O)cc1. The summed E-state index contributed by atoms with van der Waals surface area (Å²) in [5.74, 6) is 0.732. The minimum absolute atomic E-state index is 0.0609. The molecule has 0 aromatic heterocycles. The molecule has 6 rings (SSSR count). The lowest BCUT2D eigenvalue weighted by molar-refractivity contribution is 0.242. The highest BCUT2D eigenvalue weighted by Crippen LogP contribution is 2.35. The average molecular weight is 899 g/mol. The number of hydrogen-bond acceptors (Lipinski definition) is 10. The van der Waals surface area contributed by atoms with Crippen molar-refractivity contribution in [3.05, 3.63) is 138 Å². The molecule has 6 aromatic rings. The smallest absolute Gasteiger partial charge is 0.295 e. The third-order valence-electron chi connectivity index (χ3n) is 8.48. The van der Waals surface area contributed by atoms with Crippen molar-refractivity contribution in [2.45, 2.75) is 60.8 Å². The number of aromatic hydroxyl groups is 3. The molecule has 0 fully saturated rings. The summed E-state index contributed by atoms with van der Waals surface area (Å²) in [6.07, 6.45) is -0.0609. The van der Waals surface area contributed by atoms with Crippen molar-refractivity contribution in [2.75, 3.05) is 0 Å². The molecule has 13 nitrogen and oxygen atoms in total. The third kappa shape index (κ3) is 13.0. The van der Waals surface area contributed by atoms with Crippen LogP contribution in [0.1, 0.15) is 40.2 Å². The highest BCUT2D eigenvalue weighted by atomic mass is 35.5. The van der Waals surface area contributed by atoms with E-state index in [1.54, 1.807) is 42.5 Å². The summed E-state index contributed by atoms with van der Waals surface area (Å²) < 4.78 is 102. The van der Waals surface area contributed by atoms with Gasteiger partial charge in [0, 0.05) is 21.7 Å². The Morgan fingerprint density at radius 1 is 0.483 bits per heavy atom. The number of benzene rings is 6. The molecule has 0 saturated heterocycles. The molecule has 0 aliphatic heterocycles. The van der Waals surface area contributed by atoms with Gasteiger partial charge in [0.15, 0.2) is 0 Å². The topological polar surface area (TPSA) is 233 Å². The van der Waals surface area contributed by atoms with Crippen LogP contribution in [0.15, 0.2) is 142 Å². The monoisotopic (exact) mass is 898 g/mol. The molecule has 0 atom stereocenters. The lowest BCUT2D eigenvalue weighted by atomic mass is 9.85. The third-order valence-corrected chi connectivity index (χ3v) is 11.4. The van der Waals surface area contributed by atoms with E-state index in [9.17, 15) is 49.7 Å². The molecule has 17 heteroatoms. The van der Waals surface area contributed by atoms with Gasteiger partial charge in [0.05, 0.1) is 6.10 Å². The maximum Gasteiger partial charge on any atom is 0.295 e. The van der Waals surface area contributed by atoms with Crippen LogP contribution in [-0.4, -0.2) is 60.3 Å². The minimum Gasteiger partial charge on any atom is -0.508 e. The lowest BCUT2D eigenvalue weighted by Gasteiger charge is -2.21. The molecule has 0 heterocycles. The van der Waals surface area contributed by atoms with Gasteiger partial charge in [0.1, 0.15) is 37.7 Å². The molecule has 0 radical (unpaired) electrons. The molecular weight excluding hydrogens is 856 g/mol. The summed E-state index contributed by atoms with van der Waals surface area (Å²) in [7, 11) is -13.0. The normalized spacial score (nSPS) is 11.8. The molecule has 60 heavy (non-hydrogen) atoms. The van der Waals surface area contributed by atoms with Gasteiger partial charge in [0.2, 0.25) is 0 Å². The van der Waals surface area contributed by atoms with Crippen LogP contribution >= 0.6 is 11.6 Å². The van der Waals surface area contributed by atoms with Crippen molar-refractivity contribution in [2.24, 2.45) is 0 Å². The number of phenolic OH excluding ortho intramolecular Hbond substituents is 3. The van der Waals surface area contributed by atoms with E-state index in [2.05, 4.69) is 0 Å². The van der Waals surface area contributed by atoms with E-state index in [1.165, 1.54) is 84.9 Å². The first kappa shape index (κ1) is 47.2. The zero-order valence-electron chi connectivity index (χ0n) is 32.8. The Kier molecular flexibility index (Phi) is 14.8. The Morgan fingerprint density at radius 3 is 1.17 bits per heavy atom. The molecular formula is C43H43ClO13S3. The van der Waals surface area contributed by atoms with E-state index in [-0.39, 0.29) is 49.0 Å². The first-order valence-electron chi connectivity index (χ1n) is 17.8. The van der Waals surface area contributed by atoms with E-state index < -0.39 is 30.4 Å². The molecule has 6 N–H and O–H groups in total. The predicted octanol–water partition coefficient (Wildman–Crippen LogP) is 9.66. The van der Waals surface area contributed by atoms with Crippen LogP contribution in [0.5, 0.6) is 23.0 Å². The molecule has 0 unspecified atom stereocenters. The Hall–Kier alpha value is -5.46. The Morgan fingerprint density at radius 2 is 0.817 bits per heavy atom. The van der Waals surface area contributed by atoms with Crippen LogP contribution < -0.4 is 4.74 Å². The van der Waals surface area contributed by atoms with Crippen LogP contribution in [0.2, 0.25) is 5.02 Å². The van der Waals surface area contributed by atoms with Gasteiger partial charge in [-0.05, 0) is 126 Å².